The van der Waals surface area contributed by atoms with Crippen LogP contribution in [0.15, 0.2) is 63.4 Å². The van der Waals surface area contributed by atoms with Gasteiger partial charge < -0.3 is 5.32 Å². The van der Waals surface area contributed by atoms with Gasteiger partial charge in [0.05, 0.1) is 22.0 Å². The van der Waals surface area contributed by atoms with E-state index in [1.807, 2.05) is 31.2 Å². The van der Waals surface area contributed by atoms with Crippen molar-refractivity contribution in [1.29, 1.82) is 0 Å². The second kappa shape index (κ2) is 8.65. The molecule has 154 valence electrons. The first kappa shape index (κ1) is 20.7. The summed E-state index contributed by atoms with van der Waals surface area (Å²) in [5.41, 5.74) is 2.94. The van der Waals surface area contributed by atoms with Crippen molar-refractivity contribution in [3.8, 4) is 5.69 Å². The zero-order valence-electron chi connectivity index (χ0n) is 16.5. The maximum Gasteiger partial charge on any atom is 0.272 e. The Balaban J connectivity index is 1.61. The Bertz CT molecular complexity index is 1140. The first-order valence-corrected chi connectivity index (χ1v) is 11.3. The largest absolute Gasteiger partial charge is 0.325 e. The summed E-state index contributed by atoms with van der Waals surface area (Å²) in [6, 6.07) is 13.3. The Morgan fingerprint density at radius 1 is 1.23 bits per heavy atom. The van der Waals surface area contributed by atoms with E-state index in [9.17, 15) is 14.0 Å². The van der Waals surface area contributed by atoms with Gasteiger partial charge in [0, 0.05) is 17.4 Å². The number of anilines is 1. The van der Waals surface area contributed by atoms with Gasteiger partial charge in [-0.05, 0) is 43.3 Å². The molecule has 0 saturated heterocycles. The summed E-state index contributed by atoms with van der Waals surface area (Å²) in [5, 5.41) is 3.55. The van der Waals surface area contributed by atoms with Gasteiger partial charge in [-0.1, -0.05) is 36.4 Å². The number of nitrogens with zero attached hydrogens (tertiary/aromatic N) is 2. The number of nitrogens with one attached hydrogen (secondary N) is 1. The minimum atomic E-state index is -0.379. The Morgan fingerprint density at radius 2 is 1.93 bits per heavy atom. The zero-order chi connectivity index (χ0) is 21.3. The number of benzene rings is 2. The van der Waals surface area contributed by atoms with E-state index >= 15 is 0 Å². The number of amides is 1. The molecule has 8 heteroatoms. The summed E-state index contributed by atoms with van der Waals surface area (Å²) < 4.78 is 14.9. The van der Waals surface area contributed by atoms with E-state index in [1.165, 1.54) is 40.2 Å². The van der Waals surface area contributed by atoms with E-state index in [1.54, 1.807) is 12.1 Å². The van der Waals surface area contributed by atoms with Crippen LogP contribution in [0.2, 0.25) is 0 Å². The molecule has 2 heterocycles. The van der Waals surface area contributed by atoms with Crippen molar-refractivity contribution < 1.29 is 9.18 Å². The monoisotopic (exact) mass is 441 g/mol. The molecule has 1 N–H and O–H groups in total. The molecule has 1 atom stereocenters. The van der Waals surface area contributed by atoms with Crippen molar-refractivity contribution in [2.75, 3.05) is 11.1 Å². The fourth-order valence-corrected chi connectivity index (χ4v) is 5.10. The number of thioether (sulfide) groups is 2. The molecule has 1 amide bonds. The summed E-state index contributed by atoms with van der Waals surface area (Å²) in [5.74, 6) is -0.467. The van der Waals surface area contributed by atoms with Gasteiger partial charge >= 0.3 is 0 Å². The number of aromatic nitrogens is 2. The van der Waals surface area contributed by atoms with Gasteiger partial charge in [0.15, 0.2) is 5.16 Å². The number of rotatable bonds is 5. The van der Waals surface area contributed by atoms with Crippen LogP contribution in [-0.4, -0.2) is 26.5 Å². The number of aryl methyl sites for hydroxylation is 1. The first-order valence-electron chi connectivity index (χ1n) is 9.48. The predicted octanol–water partition coefficient (Wildman–Crippen LogP) is 4.45. The number of carbonyl (C=O) groups excluding carboxylic acids is 1. The SMILES string of the molecule is Cc1ccc(NC(=O)CSc2nc3c(c(=O)n2-c2ccc(F)cc2)SC(C)C3)cc1. The number of fused-ring (bicyclic) bond motifs is 1. The number of halogens is 1. The van der Waals surface area contributed by atoms with Crippen LogP contribution < -0.4 is 10.9 Å². The van der Waals surface area contributed by atoms with Crippen LogP contribution in [0.1, 0.15) is 18.2 Å². The third kappa shape index (κ3) is 4.44. The molecule has 1 aromatic heterocycles. The van der Waals surface area contributed by atoms with E-state index in [-0.39, 0.29) is 28.3 Å². The molecule has 1 unspecified atom stereocenters. The van der Waals surface area contributed by atoms with E-state index in [2.05, 4.69) is 17.2 Å². The average molecular weight is 442 g/mol. The summed E-state index contributed by atoms with van der Waals surface area (Å²) >= 11 is 2.70. The molecular weight excluding hydrogens is 421 g/mol. The highest BCUT2D eigenvalue weighted by Crippen LogP contribution is 2.34. The van der Waals surface area contributed by atoms with Gasteiger partial charge in [-0.2, -0.15) is 0 Å². The molecule has 1 aliphatic rings. The number of carbonyl (C=O) groups is 1. The Morgan fingerprint density at radius 3 is 2.63 bits per heavy atom. The van der Waals surface area contributed by atoms with E-state index < -0.39 is 0 Å². The van der Waals surface area contributed by atoms with Crippen LogP contribution in [-0.2, 0) is 11.2 Å². The Kier molecular flexibility index (Phi) is 5.97. The van der Waals surface area contributed by atoms with Crippen LogP contribution in [0.5, 0.6) is 0 Å². The molecule has 4 rings (SSSR count). The van der Waals surface area contributed by atoms with Gasteiger partial charge in [-0.3, -0.25) is 14.2 Å². The lowest BCUT2D eigenvalue weighted by atomic mass is 10.2. The third-order valence-electron chi connectivity index (χ3n) is 4.63. The molecular formula is C22H20FN3O2S2. The summed E-state index contributed by atoms with van der Waals surface area (Å²) in [6.45, 7) is 4.03. The molecule has 2 aromatic carbocycles. The van der Waals surface area contributed by atoms with Crippen LogP contribution >= 0.6 is 23.5 Å². The number of hydrogen-bond acceptors (Lipinski definition) is 5. The van der Waals surface area contributed by atoms with Crippen LogP contribution in [0, 0.1) is 12.7 Å². The zero-order valence-corrected chi connectivity index (χ0v) is 18.1. The fraction of sp³-hybridized carbons (Fsp3) is 0.227. The molecule has 0 spiro atoms. The fourth-order valence-electron chi connectivity index (χ4n) is 3.18. The summed E-state index contributed by atoms with van der Waals surface area (Å²) in [6.07, 6.45) is 0.711. The standard InChI is InChI=1S/C22H20FN3O2S2/c1-13-3-7-16(8-4-13)24-19(27)12-29-22-25-18-11-14(2)30-20(18)21(28)26(22)17-9-5-15(23)6-10-17/h3-10,14H,11-12H2,1-2H3,(H,24,27). The van der Waals surface area contributed by atoms with Crippen molar-refractivity contribution >= 4 is 35.1 Å². The lowest BCUT2D eigenvalue weighted by Gasteiger charge is -2.13. The van der Waals surface area contributed by atoms with Gasteiger partial charge in [0.2, 0.25) is 5.91 Å². The minimum absolute atomic E-state index is 0.100. The van der Waals surface area contributed by atoms with Gasteiger partial charge in [-0.15, -0.1) is 11.8 Å². The van der Waals surface area contributed by atoms with E-state index in [0.29, 0.717) is 27.8 Å². The second-order valence-electron chi connectivity index (χ2n) is 7.12. The molecule has 0 bridgehead atoms. The quantitative estimate of drug-likeness (QED) is 0.468. The maximum atomic E-state index is 13.4. The second-order valence-corrected chi connectivity index (χ2v) is 9.51. The molecule has 3 aromatic rings. The molecule has 5 nitrogen and oxygen atoms in total. The van der Waals surface area contributed by atoms with Crippen LogP contribution in [0.4, 0.5) is 10.1 Å². The maximum absolute atomic E-state index is 13.4. The summed E-state index contributed by atoms with van der Waals surface area (Å²) in [7, 11) is 0. The smallest absolute Gasteiger partial charge is 0.272 e. The van der Waals surface area contributed by atoms with Crippen LogP contribution in [0.3, 0.4) is 0 Å². The number of hydrogen-bond donors (Lipinski definition) is 1. The molecule has 0 aliphatic carbocycles. The van der Waals surface area contributed by atoms with E-state index in [4.69, 9.17) is 0 Å². The highest BCUT2D eigenvalue weighted by molar-refractivity contribution is 8.00. The van der Waals surface area contributed by atoms with Crippen molar-refractivity contribution in [3.63, 3.8) is 0 Å². The Labute approximate surface area is 182 Å². The Hall–Kier alpha value is -2.58. The molecule has 0 saturated carbocycles. The molecule has 30 heavy (non-hydrogen) atoms. The third-order valence-corrected chi connectivity index (χ3v) is 6.79. The topological polar surface area (TPSA) is 64.0 Å². The normalized spacial score (nSPS) is 15.1. The highest BCUT2D eigenvalue weighted by Gasteiger charge is 2.27. The lowest BCUT2D eigenvalue weighted by Crippen LogP contribution is -2.24. The van der Waals surface area contributed by atoms with Crippen LogP contribution in [0.25, 0.3) is 5.69 Å². The first-order chi connectivity index (χ1) is 14.4. The van der Waals surface area contributed by atoms with Gasteiger partial charge in [-0.25, -0.2) is 9.37 Å². The highest BCUT2D eigenvalue weighted by atomic mass is 32.2. The molecule has 0 fully saturated rings. The lowest BCUT2D eigenvalue weighted by molar-refractivity contribution is -0.113. The minimum Gasteiger partial charge on any atom is -0.325 e. The summed E-state index contributed by atoms with van der Waals surface area (Å²) in [4.78, 5) is 30.9. The van der Waals surface area contributed by atoms with Crippen molar-refractivity contribution in [3.05, 3.63) is 76.0 Å². The van der Waals surface area contributed by atoms with Crippen molar-refractivity contribution in [2.24, 2.45) is 0 Å². The van der Waals surface area contributed by atoms with Crippen molar-refractivity contribution in [2.45, 2.75) is 35.6 Å². The van der Waals surface area contributed by atoms with E-state index in [0.717, 1.165) is 11.3 Å². The predicted molar refractivity (Wildman–Crippen MR) is 119 cm³/mol. The van der Waals surface area contributed by atoms with Gasteiger partial charge in [0.25, 0.3) is 5.56 Å². The van der Waals surface area contributed by atoms with Crippen molar-refractivity contribution in [1.82, 2.24) is 9.55 Å². The molecule has 0 radical (unpaired) electrons. The molecule has 1 aliphatic heterocycles. The van der Waals surface area contributed by atoms with Gasteiger partial charge in [0.1, 0.15) is 5.82 Å². The average Bonchev–Trinajstić information content (AvgIpc) is 3.10.